The van der Waals surface area contributed by atoms with Crippen molar-refractivity contribution in [1.82, 2.24) is 0 Å². The van der Waals surface area contributed by atoms with Crippen molar-refractivity contribution in [2.24, 2.45) is 0 Å². The summed E-state index contributed by atoms with van der Waals surface area (Å²) in [5.74, 6) is -0.789. The minimum absolute atomic E-state index is 0.0395. The molecule has 0 aromatic heterocycles. The molecule has 0 aliphatic carbocycles. The summed E-state index contributed by atoms with van der Waals surface area (Å²) >= 11 is 0. The number of rotatable bonds is 4. The molecule has 2 heterocycles. The molecule has 10 heteroatoms. The molecule has 0 saturated carbocycles. The highest BCUT2D eigenvalue weighted by molar-refractivity contribution is 6.05. The third-order valence-corrected chi connectivity index (χ3v) is 6.00. The highest BCUT2D eigenvalue weighted by Crippen LogP contribution is 2.45. The van der Waals surface area contributed by atoms with E-state index in [0.717, 1.165) is 6.07 Å². The molecule has 2 aliphatic heterocycles. The first kappa shape index (κ1) is 22.6. The van der Waals surface area contributed by atoms with Crippen LogP contribution in [0, 0.1) is 0 Å². The first-order valence-electron chi connectivity index (χ1n) is 10.7. The third-order valence-electron chi connectivity index (χ3n) is 6.00. The van der Waals surface area contributed by atoms with Gasteiger partial charge in [0.05, 0.1) is 13.7 Å². The average molecular weight is 482 g/mol. The normalized spacial score (nSPS) is 22.8. The molecule has 0 saturated heterocycles. The van der Waals surface area contributed by atoms with Gasteiger partial charge in [0.1, 0.15) is 22.8 Å². The Bertz CT molecular complexity index is 1300. The molecule has 0 radical (unpaired) electrons. The quantitative estimate of drug-likeness (QED) is 0.374. The first-order valence-corrected chi connectivity index (χ1v) is 10.7. The van der Waals surface area contributed by atoms with Gasteiger partial charge in [0, 0.05) is 17.7 Å². The van der Waals surface area contributed by atoms with Gasteiger partial charge in [-0.1, -0.05) is 12.1 Å². The largest absolute Gasteiger partial charge is 0.508 e. The van der Waals surface area contributed by atoms with Crippen molar-refractivity contribution in [3.05, 3.63) is 65.2 Å². The number of fused-ring (bicyclic) bond motifs is 2. The Hall–Kier alpha value is -4.15. The summed E-state index contributed by atoms with van der Waals surface area (Å²) in [6, 6.07) is 11.6. The van der Waals surface area contributed by atoms with Gasteiger partial charge in [-0.15, -0.1) is 0 Å². The molecule has 5 rings (SSSR count). The smallest absolute Gasteiger partial charge is 0.202 e. The maximum Gasteiger partial charge on any atom is 0.202 e. The SMILES string of the molecule is COc1cc([C@H]2Oc3ccc([C@H]4Oc5cc(O)cc(O)c5C(=O)[C@H]4O)cc3O[C@@H]2CO)ccc1O. The van der Waals surface area contributed by atoms with Gasteiger partial charge in [0.25, 0.3) is 0 Å². The van der Waals surface area contributed by atoms with Crippen molar-refractivity contribution in [2.45, 2.75) is 24.4 Å². The second-order valence-corrected chi connectivity index (χ2v) is 8.20. The van der Waals surface area contributed by atoms with Crippen LogP contribution in [0.5, 0.6) is 40.2 Å². The molecule has 35 heavy (non-hydrogen) atoms. The number of aliphatic hydroxyl groups is 2. The zero-order valence-electron chi connectivity index (χ0n) is 18.4. The molecule has 3 aromatic rings. The molecule has 4 atom stereocenters. The number of phenolic OH excluding ortho intramolecular Hbond substituents is 3. The minimum Gasteiger partial charge on any atom is -0.508 e. The number of benzene rings is 3. The number of ether oxygens (including phenoxy) is 4. The van der Waals surface area contributed by atoms with Crippen molar-refractivity contribution in [1.29, 1.82) is 0 Å². The summed E-state index contributed by atoms with van der Waals surface area (Å²) in [6.07, 6.45) is -4.27. The standard InChI is InChI=1S/C25H22O10/c1-32-17-6-11(2-4-14(17)28)24-20(10-26)33-18-7-12(3-5-16(18)34-24)25-23(31)22(30)21-15(29)8-13(27)9-19(21)35-25/h2-9,20,23-29,31H,10H2,1H3/t20-,23-,24-,25-/m1/s1. The van der Waals surface area contributed by atoms with Gasteiger partial charge in [0.15, 0.2) is 47.4 Å². The number of ketones is 1. The Balaban J connectivity index is 1.46. The zero-order valence-corrected chi connectivity index (χ0v) is 18.4. The van der Waals surface area contributed by atoms with E-state index in [-0.39, 0.29) is 40.9 Å². The second kappa shape index (κ2) is 8.57. The molecule has 10 nitrogen and oxygen atoms in total. The van der Waals surface area contributed by atoms with Gasteiger partial charge in [0.2, 0.25) is 5.78 Å². The lowest BCUT2D eigenvalue weighted by atomic mass is 9.92. The lowest BCUT2D eigenvalue weighted by Crippen LogP contribution is -2.37. The van der Waals surface area contributed by atoms with Gasteiger partial charge in [-0.2, -0.15) is 0 Å². The fourth-order valence-corrected chi connectivity index (χ4v) is 4.28. The highest BCUT2D eigenvalue weighted by Gasteiger charge is 2.40. The van der Waals surface area contributed by atoms with Gasteiger partial charge in [-0.3, -0.25) is 4.79 Å². The van der Waals surface area contributed by atoms with Crippen LogP contribution < -0.4 is 18.9 Å². The monoisotopic (exact) mass is 482 g/mol. The van der Waals surface area contributed by atoms with Gasteiger partial charge in [-0.05, 0) is 29.8 Å². The number of carbonyl (C=O) groups is 1. The van der Waals surface area contributed by atoms with Crippen molar-refractivity contribution in [3.63, 3.8) is 0 Å². The van der Waals surface area contributed by atoms with E-state index in [0.29, 0.717) is 16.9 Å². The Kier molecular flexibility index (Phi) is 5.54. The summed E-state index contributed by atoms with van der Waals surface area (Å²) in [7, 11) is 1.42. The van der Waals surface area contributed by atoms with Crippen LogP contribution >= 0.6 is 0 Å². The Morgan fingerprint density at radius 3 is 2.29 bits per heavy atom. The molecular weight excluding hydrogens is 460 g/mol. The van der Waals surface area contributed by atoms with E-state index in [4.69, 9.17) is 18.9 Å². The number of methoxy groups -OCH3 is 1. The molecule has 2 aliphatic rings. The molecule has 0 spiro atoms. The molecular formula is C25H22O10. The third kappa shape index (κ3) is 3.82. The van der Waals surface area contributed by atoms with Crippen LogP contribution in [0.15, 0.2) is 48.5 Å². The van der Waals surface area contributed by atoms with Crippen LogP contribution in [0.25, 0.3) is 0 Å². The van der Waals surface area contributed by atoms with E-state index in [1.165, 1.54) is 25.3 Å². The number of phenols is 3. The van der Waals surface area contributed by atoms with Crippen LogP contribution in [0.3, 0.4) is 0 Å². The summed E-state index contributed by atoms with van der Waals surface area (Å²) in [6.45, 7) is -0.384. The van der Waals surface area contributed by atoms with Crippen LogP contribution in [-0.2, 0) is 0 Å². The van der Waals surface area contributed by atoms with Crippen molar-refractivity contribution < 1.29 is 49.3 Å². The van der Waals surface area contributed by atoms with Gasteiger partial charge >= 0.3 is 0 Å². The average Bonchev–Trinajstić information content (AvgIpc) is 2.85. The molecule has 3 aromatic carbocycles. The summed E-state index contributed by atoms with van der Waals surface area (Å²) in [5.41, 5.74) is 0.779. The van der Waals surface area contributed by atoms with E-state index >= 15 is 0 Å². The fourth-order valence-electron chi connectivity index (χ4n) is 4.28. The van der Waals surface area contributed by atoms with Crippen LogP contribution in [0.1, 0.15) is 33.7 Å². The molecule has 0 fully saturated rings. The number of hydrogen-bond acceptors (Lipinski definition) is 10. The fraction of sp³-hybridized carbons (Fsp3) is 0.240. The number of carbonyl (C=O) groups excluding carboxylic acids is 1. The number of aliphatic hydroxyl groups excluding tert-OH is 2. The van der Waals surface area contributed by atoms with E-state index in [1.54, 1.807) is 24.3 Å². The zero-order chi connectivity index (χ0) is 24.9. The molecule has 182 valence electrons. The van der Waals surface area contributed by atoms with Crippen molar-refractivity contribution in [3.8, 4) is 40.2 Å². The Morgan fingerprint density at radius 2 is 1.54 bits per heavy atom. The maximum atomic E-state index is 12.7. The second-order valence-electron chi connectivity index (χ2n) is 8.20. The number of Topliss-reactive ketones (excluding diaryl/α,β-unsaturated/α-hetero) is 1. The summed E-state index contributed by atoms with van der Waals surface area (Å²) in [5, 5.41) is 50.2. The van der Waals surface area contributed by atoms with E-state index in [1.807, 2.05) is 0 Å². The minimum atomic E-state index is -1.62. The molecule has 0 bridgehead atoms. The van der Waals surface area contributed by atoms with E-state index in [9.17, 15) is 30.3 Å². The predicted octanol–water partition coefficient (Wildman–Crippen LogP) is 2.36. The predicted molar refractivity (Wildman–Crippen MR) is 119 cm³/mol. The van der Waals surface area contributed by atoms with E-state index < -0.39 is 35.9 Å². The molecule has 5 N–H and O–H groups in total. The highest BCUT2D eigenvalue weighted by atomic mass is 16.6. The molecule has 0 unspecified atom stereocenters. The Labute approximate surface area is 199 Å². The summed E-state index contributed by atoms with van der Waals surface area (Å²) in [4.78, 5) is 12.7. The number of hydrogen-bond donors (Lipinski definition) is 5. The first-order chi connectivity index (χ1) is 16.8. The van der Waals surface area contributed by atoms with Crippen molar-refractivity contribution >= 4 is 5.78 Å². The van der Waals surface area contributed by atoms with Gasteiger partial charge < -0.3 is 44.5 Å². The van der Waals surface area contributed by atoms with Crippen molar-refractivity contribution in [2.75, 3.05) is 13.7 Å². The summed E-state index contributed by atoms with van der Waals surface area (Å²) < 4.78 is 23.0. The maximum absolute atomic E-state index is 12.7. The van der Waals surface area contributed by atoms with Crippen LogP contribution in [-0.4, -0.2) is 57.2 Å². The van der Waals surface area contributed by atoms with E-state index in [2.05, 4.69) is 0 Å². The van der Waals surface area contributed by atoms with Gasteiger partial charge in [-0.25, -0.2) is 0 Å². The van der Waals surface area contributed by atoms with Crippen LogP contribution in [0.4, 0.5) is 0 Å². The molecule has 0 amide bonds. The number of aromatic hydroxyl groups is 3. The lowest BCUT2D eigenvalue weighted by molar-refractivity contribution is -0.0130. The van der Waals surface area contributed by atoms with Crippen LogP contribution in [0.2, 0.25) is 0 Å². The topological polar surface area (TPSA) is 155 Å². The Morgan fingerprint density at radius 1 is 0.829 bits per heavy atom. The lowest BCUT2D eigenvalue weighted by Gasteiger charge is -2.35.